The van der Waals surface area contributed by atoms with Crippen molar-refractivity contribution in [2.24, 2.45) is 0 Å². The number of methoxy groups -OCH3 is 1. The Labute approximate surface area is 216 Å². The van der Waals surface area contributed by atoms with E-state index in [1.54, 1.807) is 60.1 Å². The van der Waals surface area contributed by atoms with Crippen LogP contribution in [0.25, 0.3) is 11.4 Å². The van der Waals surface area contributed by atoms with E-state index in [1.807, 2.05) is 6.07 Å². The zero-order valence-electron chi connectivity index (χ0n) is 19.2. The largest absolute Gasteiger partial charge is 0.495 e. The van der Waals surface area contributed by atoms with Crippen molar-refractivity contribution in [1.29, 1.82) is 0 Å². The van der Waals surface area contributed by atoms with E-state index in [1.165, 1.54) is 19.2 Å². The summed E-state index contributed by atoms with van der Waals surface area (Å²) in [6, 6.07) is 17.4. The maximum absolute atomic E-state index is 13.8. The van der Waals surface area contributed by atoms with E-state index in [-0.39, 0.29) is 11.7 Å². The summed E-state index contributed by atoms with van der Waals surface area (Å²) in [5, 5.41) is 11.7. The van der Waals surface area contributed by atoms with Gasteiger partial charge in [-0.15, -0.1) is 5.10 Å². The Kier molecular flexibility index (Phi) is 6.38. The van der Waals surface area contributed by atoms with Crippen LogP contribution in [0, 0.1) is 5.82 Å². The average Bonchev–Trinajstić information content (AvgIpc) is 3.27. The number of para-hydroxylation sites is 2. The van der Waals surface area contributed by atoms with Gasteiger partial charge in [0.25, 0.3) is 5.91 Å². The Morgan fingerprint density at radius 1 is 1.11 bits per heavy atom. The predicted molar refractivity (Wildman–Crippen MR) is 138 cm³/mol. The highest BCUT2D eigenvalue weighted by atomic mass is 35.5. The number of aromatic nitrogens is 3. The lowest BCUT2D eigenvalue weighted by Crippen LogP contribution is -2.31. The molecule has 3 aromatic carbocycles. The van der Waals surface area contributed by atoms with Crippen molar-refractivity contribution in [1.82, 2.24) is 14.8 Å². The summed E-state index contributed by atoms with van der Waals surface area (Å²) in [6.07, 6.45) is 0. The number of carbonyl (C=O) groups is 1. The van der Waals surface area contributed by atoms with Gasteiger partial charge in [0.15, 0.2) is 5.82 Å². The average molecular weight is 524 g/mol. The molecular formula is C26H20Cl2FN5O2. The van der Waals surface area contributed by atoms with E-state index in [4.69, 9.17) is 27.9 Å². The van der Waals surface area contributed by atoms with Crippen LogP contribution in [-0.2, 0) is 4.79 Å². The van der Waals surface area contributed by atoms with Gasteiger partial charge in [0.1, 0.15) is 17.6 Å². The molecule has 1 amide bonds. The first kappa shape index (κ1) is 23.8. The number of fused-ring (bicyclic) bond motifs is 1. The van der Waals surface area contributed by atoms with Crippen LogP contribution in [0.2, 0.25) is 10.0 Å². The summed E-state index contributed by atoms with van der Waals surface area (Å²) < 4.78 is 20.7. The molecule has 182 valence electrons. The van der Waals surface area contributed by atoms with Crippen molar-refractivity contribution in [3.8, 4) is 17.1 Å². The molecule has 0 aliphatic carbocycles. The van der Waals surface area contributed by atoms with Crippen LogP contribution in [0.15, 0.2) is 78.0 Å². The summed E-state index contributed by atoms with van der Waals surface area (Å²) in [4.78, 5) is 18.3. The molecule has 1 unspecified atom stereocenters. The fourth-order valence-corrected chi connectivity index (χ4v) is 4.61. The number of halogens is 3. The maximum Gasteiger partial charge on any atom is 0.255 e. The molecule has 36 heavy (non-hydrogen) atoms. The van der Waals surface area contributed by atoms with Gasteiger partial charge in [-0.1, -0.05) is 47.5 Å². The minimum atomic E-state index is -0.691. The lowest BCUT2D eigenvalue weighted by atomic mass is 9.95. The van der Waals surface area contributed by atoms with Gasteiger partial charge >= 0.3 is 0 Å². The lowest BCUT2D eigenvalue weighted by Gasteiger charge is -2.28. The van der Waals surface area contributed by atoms with Crippen molar-refractivity contribution in [3.05, 3.63) is 99.4 Å². The number of carbonyl (C=O) groups excluding carboxylic acids is 1. The molecule has 0 saturated carbocycles. The predicted octanol–water partition coefficient (Wildman–Crippen LogP) is 6.33. The fourth-order valence-electron chi connectivity index (χ4n) is 4.12. The second-order valence-corrected chi connectivity index (χ2v) is 8.94. The molecule has 5 rings (SSSR count). The van der Waals surface area contributed by atoms with Crippen molar-refractivity contribution >= 4 is 40.7 Å². The van der Waals surface area contributed by atoms with Crippen molar-refractivity contribution in [2.45, 2.75) is 13.0 Å². The second kappa shape index (κ2) is 9.64. The first-order chi connectivity index (χ1) is 17.4. The summed E-state index contributed by atoms with van der Waals surface area (Å²) in [7, 11) is 1.53. The molecule has 1 atom stereocenters. The van der Waals surface area contributed by atoms with Crippen molar-refractivity contribution in [2.75, 3.05) is 17.7 Å². The number of hydrogen-bond donors (Lipinski definition) is 2. The smallest absolute Gasteiger partial charge is 0.255 e. The van der Waals surface area contributed by atoms with E-state index in [0.29, 0.717) is 55.7 Å². The van der Waals surface area contributed by atoms with Crippen LogP contribution in [0.1, 0.15) is 18.5 Å². The van der Waals surface area contributed by atoms with Gasteiger partial charge in [0, 0.05) is 16.3 Å². The Morgan fingerprint density at radius 3 is 2.58 bits per heavy atom. The molecule has 0 fully saturated rings. The molecule has 2 heterocycles. The Bertz CT molecular complexity index is 1500. The number of hydrogen-bond acceptors (Lipinski definition) is 5. The van der Waals surface area contributed by atoms with Crippen LogP contribution in [0.5, 0.6) is 5.75 Å². The van der Waals surface area contributed by atoms with E-state index in [9.17, 15) is 9.18 Å². The monoisotopic (exact) mass is 523 g/mol. The molecule has 0 radical (unpaired) electrons. The summed E-state index contributed by atoms with van der Waals surface area (Å²) in [5.74, 6) is 0.529. The highest BCUT2D eigenvalue weighted by Crippen LogP contribution is 2.38. The third-order valence-corrected chi connectivity index (χ3v) is 6.36. The minimum Gasteiger partial charge on any atom is -0.495 e. The highest BCUT2D eigenvalue weighted by Gasteiger charge is 2.35. The van der Waals surface area contributed by atoms with Gasteiger partial charge in [-0.2, -0.15) is 4.98 Å². The van der Waals surface area contributed by atoms with E-state index >= 15 is 0 Å². The van der Waals surface area contributed by atoms with E-state index < -0.39 is 6.04 Å². The second-order valence-electron chi connectivity index (χ2n) is 8.10. The molecule has 0 bridgehead atoms. The summed E-state index contributed by atoms with van der Waals surface area (Å²) in [6.45, 7) is 1.78. The molecule has 4 aromatic rings. The molecule has 0 saturated heterocycles. The van der Waals surface area contributed by atoms with Crippen LogP contribution in [-0.4, -0.2) is 27.8 Å². The van der Waals surface area contributed by atoms with E-state index in [0.717, 1.165) is 0 Å². The van der Waals surface area contributed by atoms with E-state index in [2.05, 4.69) is 20.7 Å². The quantitative estimate of drug-likeness (QED) is 0.319. The molecule has 2 N–H and O–H groups in total. The van der Waals surface area contributed by atoms with Crippen LogP contribution < -0.4 is 15.4 Å². The Balaban J connectivity index is 1.61. The molecule has 1 aromatic heterocycles. The Hall–Kier alpha value is -3.88. The summed E-state index contributed by atoms with van der Waals surface area (Å²) in [5.41, 5.74) is 2.72. The number of nitrogens with zero attached hydrogens (tertiary/aromatic N) is 3. The third-order valence-electron chi connectivity index (χ3n) is 5.81. The standard InChI is InChI=1S/C26H20Cl2FN5O2/c1-14-22(25(35)31-20-5-3-4-6-21(20)36-2)23(15-7-10-17(29)11-8-15)34-26(30-14)32-24(33-34)18-12-9-16(27)13-19(18)28/h3-13,23H,1-2H3,(H,31,35)(H,30,32,33). The topological polar surface area (TPSA) is 81.1 Å². The molecule has 10 heteroatoms. The third kappa shape index (κ3) is 4.41. The minimum absolute atomic E-state index is 0.352. The van der Waals surface area contributed by atoms with Gasteiger partial charge in [0.05, 0.1) is 23.4 Å². The SMILES string of the molecule is COc1ccccc1NC(=O)C1=C(C)Nc2nc(-c3ccc(Cl)cc3Cl)nn2C1c1ccc(F)cc1. The van der Waals surface area contributed by atoms with Gasteiger partial charge in [0.2, 0.25) is 5.95 Å². The normalized spacial score (nSPS) is 14.8. The highest BCUT2D eigenvalue weighted by molar-refractivity contribution is 6.36. The number of anilines is 2. The molecule has 0 spiro atoms. The van der Waals surface area contributed by atoms with Crippen LogP contribution in [0.3, 0.4) is 0 Å². The Morgan fingerprint density at radius 2 is 1.86 bits per heavy atom. The van der Waals surface area contributed by atoms with Crippen molar-refractivity contribution < 1.29 is 13.9 Å². The van der Waals surface area contributed by atoms with Gasteiger partial charge in [-0.25, -0.2) is 9.07 Å². The molecule has 1 aliphatic rings. The number of allylic oxidation sites excluding steroid dienone is 1. The summed E-state index contributed by atoms with van der Waals surface area (Å²) >= 11 is 12.5. The number of ether oxygens (including phenoxy) is 1. The molecular weight excluding hydrogens is 504 g/mol. The first-order valence-electron chi connectivity index (χ1n) is 11.0. The maximum atomic E-state index is 13.8. The fraction of sp³-hybridized carbons (Fsp3) is 0.115. The van der Waals surface area contributed by atoms with Gasteiger partial charge in [-0.3, -0.25) is 4.79 Å². The molecule has 7 nitrogen and oxygen atoms in total. The number of benzene rings is 3. The number of rotatable bonds is 5. The van der Waals surface area contributed by atoms with Crippen LogP contribution >= 0.6 is 23.2 Å². The molecule has 1 aliphatic heterocycles. The lowest BCUT2D eigenvalue weighted by molar-refractivity contribution is -0.113. The zero-order valence-corrected chi connectivity index (χ0v) is 20.7. The van der Waals surface area contributed by atoms with Crippen molar-refractivity contribution in [3.63, 3.8) is 0 Å². The van der Waals surface area contributed by atoms with Gasteiger partial charge in [-0.05, 0) is 55.0 Å². The number of nitrogens with one attached hydrogen (secondary N) is 2. The van der Waals surface area contributed by atoms with Gasteiger partial charge < -0.3 is 15.4 Å². The number of amides is 1. The zero-order chi connectivity index (χ0) is 25.4. The van der Waals surface area contributed by atoms with Crippen LogP contribution in [0.4, 0.5) is 16.0 Å². The first-order valence-corrected chi connectivity index (χ1v) is 11.7.